The van der Waals surface area contributed by atoms with Gasteiger partial charge in [0.05, 0.1) is 12.0 Å². The molecule has 1 aromatic rings. The van der Waals surface area contributed by atoms with E-state index in [4.69, 9.17) is 17.0 Å². The number of amides is 2. The molecule has 1 saturated heterocycles. The number of hydrogen-bond acceptors (Lipinski definition) is 5. The van der Waals surface area contributed by atoms with Crippen LogP contribution in [0, 0.1) is 0 Å². The first-order chi connectivity index (χ1) is 11.9. The zero-order valence-corrected chi connectivity index (χ0v) is 16.0. The fourth-order valence-corrected chi connectivity index (χ4v) is 3.34. The van der Waals surface area contributed by atoms with Crippen molar-refractivity contribution in [2.75, 3.05) is 20.2 Å². The highest BCUT2D eigenvalue weighted by molar-refractivity contribution is 8.18. The van der Waals surface area contributed by atoms with Crippen molar-refractivity contribution in [1.29, 1.82) is 0 Å². The van der Waals surface area contributed by atoms with Crippen LogP contribution in [0.5, 0.6) is 5.75 Å². The minimum absolute atomic E-state index is 0.227. The number of ether oxygens (including phenoxy) is 1. The Hall–Kier alpha value is -2.06. The van der Waals surface area contributed by atoms with E-state index in [2.05, 4.69) is 10.6 Å². The summed E-state index contributed by atoms with van der Waals surface area (Å²) < 4.78 is 5.10. The third-order valence-corrected chi connectivity index (χ3v) is 4.50. The molecule has 0 bridgehead atoms. The molecule has 2 rings (SSSR count). The van der Waals surface area contributed by atoms with Crippen LogP contribution in [0.15, 0.2) is 29.2 Å². The van der Waals surface area contributed by atoms with Gasteiger partial charge in [-0.3, -0.25) is 14.5 Å². The number of imide groups is 1. The molecular formula is C17H21N3O3S2. The minimum atomic E-state index is -0.282. The third-order valence-electron chi connectivity index (χ3n) is 3.33. The molecule has 1 aliphatic heterocycles. The first-order valence-corrected chi connectivity index (χ1v) is 9.07. The van der Waals surface area contributed by atoms with Crippen LogP contribution in [0.4, 0.5) is 4.79 Å². The number of methoxy groups -OCH3 is 1. The van der Waals surface area contributed by atoms with Gasteiger partial charge in [-0.1, -0.05) is 12.1 Å². The quantitative estimate of drug-likeness (QED) is 0.581. The van der Waals surface area contributed by atoms with E-state index in [1.807, 2.05) is 38.1 Å². The molecule has 0 unspecified atom stereocenters. The summed E-state index contributed by atoms with van der Waals surface area (Å²) in [5.74, 6) is 0.456. The monoisotopic (exact) mass is 379 g/mol. The van der Waals surface area contributed by atoms with Gasteiger partial charge in [0, 0.05) is 19.1 Å². The molecule has 1 heterocycles. The molecule has 0 spiro atoms. The second-order valence-electron chi connectivity index (χ2n) is 5.66. The van der Waals surface area contributed by atoms with Gasteiger partial charge in [0.15, 0.2) is 5.11 Å². The summed E-state index contributed by atoms with van der Waals surface area (Å²) in [5, 5.41) is 6.28. The van der Waals surface area contributed by atoms with Gasteiger partial charge < -0.3 is 15.4 Å². The van der Waals surface area contributed by atoms with Gasteiger partial charge in [0.1, 0.15) is 5.75 Å². The molecule has 0 aliphatic carbocycles. The standard InChI is InChI=1S/C17H21N3O3S2/c1-11(2)19-16(24)18-8-9-20-15(21)14(25-17(20)22)10-12-4-6-13(23-3)7-5-12/h4-7,10-11H,8-9H2,1-3H3,(H2,18,19,24)/b14-10-. The molecule has 2 amide bonds. The second-order valence-corrected chi connectivity index (χ2v) is 7.06. The van der Waals surface area contributed by atoms with Crippen LogP contribution >= 0.6 is 24.0 Å². The summed E-state index contributed by atoms with van der Waals surface area (Å²) in [6, 6.07) is 7.52. The SMILES string of the molecule is COc1ccc(/C=C2\SC(=O)N(CCNC(=S)NC(C)C)C2=O)cc1. The molecule has 25 heavy (non-hydrogen) atoms. The number of nitrogens with zero attached hydrogens (tertiary/aromatic N) is 1. The fraction of sp³-hybridized carbons (Fsp3) is 0.353. The van der Waals surface area contributed by atoms with Crippen LogP contribution in [-0.4, -0.2) is 47.4 Å². The molecule has 2 N–H and O–H groups in total. The lowest BCUT2D eigenvalue weighted by Gasteiger charge is -2.16. The summed E-state index contributed by atoms with van der Waals surface area (Å²) in [4.78, 5) is 26.1. The van der Waals surface area contributed by atoms with Gasteiger partial charge in [-0.15, -0.1) is 0 Å². The van der Waals surface area contributed by atoms with E-state index in [0.29, 0.717) is 16.6 Å². The smallest absolute Gasteiger partial charge is 0.293 e. The first-order valence-electron chi connectivity index (χ1n) is 7.84. The maximum absolute atomic E-state index is 12.4. The highest BCUT2D eigenvalue weighted by atomic mass is 32.2. The number of rotatable bonds is 6. The van der Waals surface area contributed by atoms with Crippen molar-refractivity contribution in [2.45, 2.75) is 19.9 Å². The van der Waals surface area contributed by atoms with Gasteiger partial charge in [-0.25, -0.2) is 0 Å². The largest absolute Gasteiger partial charge is 0.497 e. The number of benzene rings is 1. The molecule has 8 heteroatoms. The predicted octanol–water partition coefficient (Wildman–Crippen LogP) is 2.60. The van der Waals surface area contributed by atoms with Crippen LogP contribution < -0.4 is 15.4 Å². The number of thioether (sulfide) groups is 1. The van der Waals surface area contributed by atoms with Crippen LogP contribution in [0.3, 0.4) is 0 Å². The number of hydrogen-bond donors (Lipinski definition) is 2. The zero-order chi connectivity index (χ0) is 18.4. The zero-order valence-electron chi connectivity index (χ0n) is 14.4. The Balaban J connectivity index is 1.94. The average Bonchev–Trinajstić information content (AvgIpc) is 2.82. The number of thiocarbonyl (C=S) groups is 1. The maximum Gasteiger partial charge on any atom is 0.293 e. The summed E-state index contributed by atoms with van der Waals surface area (Å²) >= 11 is 6.07. The van der Waals surface area contributed by atoms with E-state index in [1.54, 1.807) is 13.2 Å². The Morgan fingerprint density at radius 3 is 2.60 bits per heavy atom. The molecule has 0 saturated carbocycles. The van der Waals surface area contributed by atoms with E-state index in [-0.39, 0.29) is 23.7 Å². The van der Waals surface area contributed by atoms with Crippen LogP contribution in [-0.2, 0) is 4.79 Å². The highest BCUT2D eigenvalue weighted by Gasteiger charge is 2.34. The summed E-state index contributed by atoms with van der Waals surface area (Å²) in [5.41, 5.74) is 0.840. The van der Waals surface area contributed by atoms with Gasteiger partial charge >= 0.3 is 0 Å². The molecule has 1 fully saturated rings. The maximum atomic E-state index is 12.4. The third kappa shape index (κ3) is 5.47. The van der Waals surface area contributed by atoms with Crippen LogP contribution in [0.2, 0.25) is 0 Å². The number of nitrogens with one attached hydrogen (secondary N) is 2. The number of carbonyl (C=O) groups excluding carboxylic acids is 2. The Morgan fingerprint density at radius 1 is 1.32 bits per heavy atom. The van der Waals surface area contributed by atoms with Gasteiger partial charge in [0.25, 0.3) is 11.1 Å². The average molecular weight is 380 g/mol. The second kappa shape index (κ2) is 8.87. The van der Waals surface area contributed by atoms with Crippen molar-refractivity contribution >= 4 is 46.3 Å². The van der Waals surface area contributed by atoms with Crippen molar-refractivity contribution in [3.63, 3.8) is 0 Å². The Labute approximate surface area is 157 Å². The normalized spacial score (nSPS) is 15.8. The van der Waals surface area contributed by atoms with Crippen LogP contribution in [0.25, 0.3) is 6.08 Å². The van der Waals surface area contributed by atoms with E-state index in [0.717, 1.165) is 23.1 Å². The minimum Gasteiger partial charge on any atom is -0.497 e. The summed E-state index contributed by atoms with van der Waals surface area (Å²) in [6.07, 6.45) is 1.71. The van der Waals surface area contributed by atoms with Crippen molar-refractivity contribution in [3.8, 4) is 5.75 Å². The molecule has 134 valence electrons. The summed E-state index contributed by atoms with van der Waals surface area (Å²) in [7, 11) is 1.59. The molecule has 6 nitrogen and oxygen atoms in total. The number of carbonyl (C=O) groups is 2. The summed E-state index contributed by atoms with van der Waals surface area (Å²) in [6.45, 7) is 4.64. The van der Waals surface area contributed by atoms with Crippen molar-refractivity contribution in [3.05, 3.63) is 34.7 Å². The molecule has 1 aromatic carbocycles. The predicted molar refractivity (Wildman–Crippen MR) is 105 cm³/mol. The Bertz CT molecular complexity index is 687. The van der Waals surface area contributed by atoms with Crippen molar-refractivity contribution < 1.29 is 14.3 Å². The van der Waals surface area contributed by atoms with Crippen molar-refractivity contribution in [2.24, 2.45) is 0 Å². The molecule has 0 radical (unpaired) electrons. The van der Waals surface area contributed by atoms with Crippen LogP contribution in [0.1, 0.15) is 19.4 Å². The lowest BCUT2D eigenvalue weighted by atomic mass is 10.2. The molecule has 1 aliphatic rings. The van der Waals surface area contributed by atoms with Crippen molar-refractivity contribution in [1.82, 2.24) is 15.5 Å². The Morgan fingerprint density at radius 2 is 2.00 bits per heavy atom. The van der Waals surface area contributed by atoms with E-state index < -0.39 is 0 Å². The lowest BCUT2D eigenvalue weighted by Crippen LogP contribution is -2.43. The molecule has 0 aromatic heterocycles. The molecular weight excluding hydrogens is 358 g/mol. The molecule has 0 atom stereocenters. The Kier molecular flexibility index (Phi) is 6.83. The lowest BCUT2D eigenvalue weighted by molar-refractivity contribution is -0.122. The van der Waals surface area contributed by atoms with Gasteiger partial charge in [-0.2, -0.15) is 0 Å². The van der Waals surface area contributed by atoms with Gasteiger partial charge in [-0.05, 0) is 61.6 Å². The first kappa shape index (κ1) is 19.3. The fourth-order valence-electron chi connectivity index (χ4n) is 2.14. The highest BCUT2D eigenvalue weighted by Crippen LogP contribution is 2.32. The van der Waals surface area contributed by atoms with E-state index in [9.17, 15) is 9.59 Å². The van der Waals surface area contributed by atoms with Gasteiger partial charge in [0.2, 0.25) is 0 Å². The van der Waals surface area contributed by atoms with E-state index in [1.165, 1.54) is 4.90 Å². The van der Waals surface area contributed by atoms with E-state index >= 15 is 0 Å². The topological polar surface area (TPSA) is 70.7 Å².